The molecule has 2 aromatic carbocycles. The van der Waals surface area contributed by atoms with Crippen LogP contribution in [0.25, 0.3) is 10.8 Å². The number of fused-ring (bicyclic) bond motifs is 1. The number of carbonyl (C=O) groups excluding carboxylic acids is 2. The van der Waals surface area contributed by atoms with Gasteiger partial charge in [0.2, 0.25) is 6.54 Å². The molecular weight excluding hydrogens is 334 g/mol. The standard InChI is InChI=1S/C20H21NO5/c1-2-26-19(23)20(11-5-8-18(20)22)17(13-21(24)25)16-10-9-14-6-3-4-7-15(14)12-16/h3-4,6-7,9-10,12,17H,2,5,8,11,13H2,1H3/t17-,20+/m0/s1. The molecule has 1 fully saturated rings. The van der Waals surface area contributed by atoms with Crippen molar-refractivity contribution < 1.29 is 19.2 Å². The van der Waals surface area contributed by atoms with E-state index in [0.29, 0.717) is 12.0 Å². The monoisotopic (exact) mass is 355 g/mol. The third-order valence-corrected chi connectivity index (χ3v) is 5.21. The average Bonchev–Trinajstić information content (AvgIpc) is 3.01. The maximum Gasteiger partial charge on any atom is 0.320 e. The molecule has 0 aliphatic heterocycles. The van der Waals surface area contributed by atoms with Crippen molar-refractivity contribution in [1.82, 2.24) is 0 Å². The highest BCUT2D eigenvalue weighted by molar-refractivity contribution is 6.06. The fourth-order valence-electron chi connectivity index (χ4n) is 4.00. The Hall–Kier alpha value is -2.76. The van der Waals surface area contributed by atoms with Gasteiger partial charge in [-0.15, -0.1) is 0 Å². The van der Waals surface area contributed by atoms with Crippen LogP contribution in [0.4, 0.5) is 0 Å². The van der Waals surface area contributed by atoms with Gasteiger partial charge < -0.3 is 4.74 Å². The molecule has 2 atom stereocenters. The van der Waals surface area contributed by atoms with Crippen molar-refractivity contribution in [2.75, 3.05) is 13.2 Å². The van der Waals surface area contributed by atoms with Crippen LogP contribution in [0.3, 0.4) is 0 Å². The molecule has 0 bridgehead atoms. The van der Waals surface area contributed by atoms with Crippen LogP contribution in [0.1, 0.15) is 37.7 Å². The fourth-order valence-corrected chi connectivity index (χ4v) is 4.00. The van der Waals surface area contributed by atoms with Crippen molar-refractivity contribution in [3.8, 4) is 0 Å². The average molecular weight is 355 g/mol. The molecule has 0 radical (unpaired) electrons. The maximum atomic E-state index is 12.8. The lowest BCUT2D eigenvalue weighted by Crippen LogP contribution is -2.45. The summed E-state index contributed by atoms with van der Waals surface area (Å²) in [5.74, 6) is -1.73. The number of hydrogen-bond acceptors (Lipinski definition) is 5. The van der Waals surface area contributed by atoms with Gasteiger partial charge in [-0.05, 0) is 36.1 Å². The molecule has 1 aliphatic rings. The highest BCUT2D eigenvalue weighted by Crippen LogP contribution is 2.48. The number of carbonyl (C=O) groups is 2. The van der Waals surface area contributed by atoms with Crippen molar-refractivity contribution >= 4 is 22.5 Å². The summed E-state index contributed by atoms with van der Waals surface area (Å²) in [7, 11) is 0. The molecule has 0 spiro atoms. The molecule has 3 rings (SSSR count). The Kier molecular flexibility index (Phi) is 5.02. The zero-order valence-electron chi connectivity index (χ0n) is 14.6. The molecule has 0 N–H and O–H groups in total. The molecular formula is C20H21NO5. The highest BCUT2D eigenvalue weighted by atomic mass is 16.6. The second-order valence-electron chi connectivity index (χ2n) is 6.64. The molecule has 0 heterocycles. The zero-order chi connectivity index (χ0) is 18.7. The Labute approximate surface area is 151 Å². The maximum absolute atomic E-state index is 12.8. The summed E-state index contributed by atoms with van der Waals surface area (Å²) in [6, 6.07) is 13.2. The van der Waals surface area contributed by atoms with Crippen molar-refractivity contribution in [3.05, 3.63) is 58.1 Å². The highest BCUT2D eigenvalue weighted by Gasteiger charge is 2.57. The number of rotatable bonds is 6. The van der Waals surface area contributed by atoms with Gasteiger partial charge in [0.1, 0.15) is 5.41 Å². The third kappa shape index (κ3) is 3.07. The lowest BCUT2D eigenvalue weighted by Gasteiger charge is -2.32. The summed E-state index contributed by atoms with van der Waals surface area (Å²) in [6.07, 6.45) is 1.08. The third-order valence-electron chi connectivity index (χ3n) is 5.21. The first kappa shape index (κ1) is 18.0. The van der Waals surface area contributed by atoms with E-state index in [1.807, 2.05) is 36.4 Å². The van der Waals surface area contributed by atoms with Crippen LogP contribution in [0.15, 0.2) is 42.5 Å². The van der Waals surface area contributed by atoms with Gasteiger partial charge >= 0.3 is 5.97 Å². The lowest BCUT2D eigenvalue weighted by atomic mass is 9.69. The van der Waals surface area contributed by atoms with E-state index in [4.69, 9.17) is 4.74 Å². The Balaban J connectivity index is 2.14. The quantitative estimate of drug-likeness (QED) is 0.342. The van der Waals surface area contributed by atoms with Crippen LogP contribution in [-0.2, 0) is 14.3 Å². The Bertz CT molecular complexity index is 862. The Morgan fingerprint density at radius 1 is 1.27 bits per heavy atom. The van der Waals surface area contributed by atoms with Crippen molar-refractivity contribution in [2.24, 2.45) is 5.41 Å². The van der Waals surface area contributed by atoms with Gasteiger partial charge in [-0.25, -0.2) is 0 Å². The van der Waals surface area contributed by atoms with Gasteiger partial charge in [-0.3, -0.25) is 19.7 Å². The molecule has 6 heteroatoms. The van der Waals surface area contributed by atoms with Crippen LogP contribution >= 0.6 is 0 Å². The van der Waals surface area contributed by atoms with Gasteiger partial charge in [-0.2, -0.15) is 0 Å². The van der Waals surface area contributed by atoms with Gasteiger partial charge in [0.05, 0.1) is 12.5 Å². The molecule has 0 saturated heterocycles. The van der Waals surface area contributed by atoms with Crippen molar-refractivity contribution in [3.63, 3.8) is 0 Å². The summed E-state index contributed by atoms with van der Waals surface area (Å²) in [6.45, 7) is 1.32. The van der Waals surface area contributed by atoms with E-state index in [1.54, 1.807) is 13.0 Å². The molecule has 6 nitrogen and oxygen atoms in total. The first-order valence-corrected chi connectivity index (χ1v) is 8.80. The van der Waals surface area contributed by atoms with E-state index >= 15 is 0 Å². The van der Waals surface area contributed by atoms with Crippen LogP contribution in [-0.4, -0.2) is 29.8 Å². The minimum absolute atomic E-state index is 0.136. The second-order valence-corrected chi connectivity index (χ2v) is 6.64. The molecule has 1 aliphatic carbocycles. The van der Waals surface area contributed by atoms with E-state index in [-0.39, 0.29) is 25.2 Å². The molecule has 0 amide bonds. The van der Waals surface area contributed by atoms with E-state index < -0.39 is 28.8 Å². The molecule has 1 saturated carbocycles. The summed E-state index contributed by atoms with van der Waals surface area (Å²) < 4.78 is 5.19. The lowest BCUT2D eigenvalue weighted by molar-refractivity contribution is -0.485. The summed E-state index contributed by atoms with van der Waals surface area (Å²) in [5, 5.41) is 13.3. The molecule has 0 unspecified atom stereocenters. The topological polar surface area (TPSA) is 86.5 Å². The first-order chi connectivity index (χ1) is 12.5. The molecule has 26 heavy (non-hydrogen) atoms. The minimum Gasteiger partial charge on any atom is -0.465 e. The number of ketones is 1. The smallest absolute Gasteiger partial charge is 0.320 e. The first-order valence-electron chi connectivity index (χ1n) is 8.80. The normalized spacial score (nSPS) is 20.9. The van der Waals surface area contributed by atoms with E-state index in [1.165, 1.54) is 0 Å². The fraction of sp³-hybridized carbons (Fsp3) is 0.400. The number of hydrogen-bond donors (Lipinski definition) is 0. The number of Topliss-reactive ketones (excluding diaryl/α,β-unsaturated/α-hetero) is 1. The Morgan fingerprint density at radius 2 is 2.00 bits per heavy atom. The molecule has 136 valence electrons. The van der Waals surface area contributed by atoms with Crippen LogP contribution in [0.2, 0.25) is 0 Å². The molecule has 2 aromatic rings. The summed E-state index contributed by atoms with van der Waals surface area (Å²) in [4.78, 5) is 36.4. The molecule has 0 aromatic heterocycles. The van der Waals surface area contributed by atoms with Crippen LogP contribution in [0.5, 0.6) is 0 Å². The SMILES string of the molecule is CCOC(=O)[C@@]1([C@@H](C[N+](=O)[O-])c2ccc3ccccc3c2)CCCC1=O. The summed E-state index contributed by atoms with van der Waals surface area (Å²) >= 11 is 0. The largest absolute Gasteiger partial charge is 0.465 e. The van der Waals surface area contributed by atoms with Crippen LogP contribution in [0, 0.1) is 15.5 Å². The number of ether oxygens (including phenoxy) is 1. The summed E-state index contributed by atoms with van der Waals surface area (Å²) in [5.41, 5.74) is -0.838. The number of nitrogens with zero attached hydrogens (tertiary/aromatic N) is 1. The Morgan fingerprint density at radius 3 is 2.62 bits per heavy atom. The van der Waals surface area contributed by atoms with Gasteiger partial charge in [0.25, 0.3) is 0 Å². The number of nitro groups is 1. The zero-order valence-corrected chi connectivity index (χ0v) is 14.6. The van der Waals surface area contributed by atoms with Crippen molar-refractivity contribution in [2.45, 2.75) is 32.1 Å². The second kappa shape index (κ2) is 7.23. The predicted octanol–water partition coefficient (Wildman–Crippen LogP) is 3.50. The van der Waals surface area contributed by atoms with E-state index in [2.05, 4.69) is 0 Å². The van der Waals surface area contributed by atoms with Gasteiger partial charge in [-0.1, -0.05) is 42.5 Å². The number of esters is 1. The van der Waals surface area contributed by atoms with Crippen molar-refractivity contribution in [1.29, 1.82) is 0 Å². The van der Waals surface area contributed by atoms with E-state index in [9.17, 15) is 19.7 Å². The predicted molar refractivity (Wildman–Crippen MR) is 96.5 cm³/mol. The van der Waals surface area contributed by atoms with E-state index in [0.717, 1.165) is 10.8 Å². The van der Waals surface area contributed by atoms with Crippen LogP contribution < -0.4 is 0 Å². The van der Waals surface area contributed by atoms with Gasteiger partial charge in [0.15, 0.2) is 5.78 Å². The van der Waals surface area contributed by atoms with Gasteiger partial charge in [0, 0.05) is 11.3 Å². The number of benzene rings is 2. The minimum atomic E-state index is -1.47.